The molecule has 122 valence electrons. The number of nitrogens with zero attached hydrogens (tertiary/aromatic N) is 4. The highest BCUT2D eigenvalue weighted by Crippen LogP contribution is 2.24. The molecule has 0 spiro atoms. The fraction of sp³-hybridized carbons (Fsp3) is 0.294. The maximum absolute atomic E-state index is 12.8. The Balaban J connectivity index is 1.48. The van der Waals surface area contributed by atoms with E-state index < -0.39 is 0 Å². The first kappa shape index (κ1) is 15.0. The van der Waals surface area contributed by atoms with E-state index in [-0.39, 0.29) is 12.0 Å². The Morgan fingerprint density at radius 3 is 3.04 bits per heavy atom. The minimum atomic E-state index is -0.0491. The number of thiazole rings is 1. The lowest BCUT2D eigenvalue weighted by Gasteiger charge is -2.32. The van der Waals surface area contributed by atoms with Crippen molar-refractivity contribution in [1.82, 2.24) is 19.9 Å². The number of hydrogen-bond acceptors (Lipinski definition) is 6. The van der Waals surface area contributed by atoms with Crippen molar-refractivity contribution in [3.05, 3.63) is 47.9 Å². The average Bonchev–Trinajstić information content (AvgIpc) is 3.06. The van der Waals surface area contributed by atoms with E-state index in [0.29, 0.717) is 17.4 Å². The normalized spacial score (nSPS) is 17.8. The molecule has 0 saturated carbocycles. The molecule has 1 amide bonds. The fourth-order valence-electron chi connectivity index (χ4n) is 2.84. The van der Waals surface area contributed by atoms with Crippen molar-refractivity contribution in [2.24, 2.45) is 0 Å². The third-order valence-corrected chi connectivity index (χ3v) is 5.01. The van der Waals surface area contributed by atoms with E-state index in [2.05, 4.69) is 15.0 Å². The summed E-state index contributed by atoms with van der Waals surface area (Å²) in [6, 6.07) is 9.54. The number of piperidine rings is 1. The van der Waals surface area contributed by atoms with Gasteiger partial charge < -0.3 is 9.64 Å². The second kappa shape index (κ2) is 6.52. The molecule has 4 rings (SSSR count). The van der Waals surface area contributed by atoms with Gasteiger partial charge in [-0.15, -0.1) is 11.3 Å². The molecule has 1 aliphatic rings. The molecular formula is C17H16N4O2S. The molecular weight excluding hydrogens is 324 g/mol. The van der Waals surface area contributed by atoms with Crippen molar-refractivity contribution in [3.8, 4) is 5.88 Å². The summed E-state index contributed by atoms with van der Waals surface area (Å²) in [4.78, 5) is 27.0. The summed E-state index contributed by atoms with van der Waals surface area (Å²) in [6.45, 7) is 1.29. The molecule has 3 heterocycles. The lowest BCUT2D eigenvalue weighted by atomic mass is 10.1. The quantitative estimate of drug-likeness (QED) is 0.733. The van der Waals surface area contributed by atoms with Crippen LogP contribution < -0.4 is 4.74 Å². The number of para-hydroxylation sites is 1. The van der Waals surface area contributed by atoms with Gasteiger partial charge in [0.25, 0.3) is 5.91 Å². The number of benzene rings is 1. The molecule has 2 aromatic heterocycles. The molecule has 24 heavy (non-hydrogen) atoms. The minimum absolute atomic E-state index is 0.0211. The van der Waals surface area contributed by atoms with Crippen LogP contribution in [0.25, 0.3) is 10.2 Å². The van der Waals surface area contributed by atoms with Gasteiger partial charge in [-0.05, 0) is 25.0 Å². The van der Waals surface area contributed by atoms with Crippen molar-refractivity contribution in [3.63, 3.8) is 0 Å². The largest absolute Gasteiger partial charge is 0.472 e. The summed E-state index contributed by atoms with van der Waals surface area (Å²) >= 11 is 1.44. The van der Waals surface area contributed by atoms with Crippen LogP contribution >= 0.6 is 11.3 Å². The molecule has 1 aliphatic heterocycles. The van der Waals surface area contributed by atoms with Crippen LogP contribution in [0.15, 0.2) is 42.9 Å². The number of rotatable bonds is 3. The van der Waals surface area contributed by atoms with Crippen LogP contribution in [0, 0.1) is 0 Å². The van der Waals surface area contributed by atoms with Gasteiger partial charge in [0, 0.05) is 18.8 Å². The van der Waals surface area contributed by atoms with Crippen molar-refractivity contribution in [2.45, 2.75) is 18.9 Å². The van der Waals surface area contributed by atoms with Gasteiger partial charge in [0.15, 0.2) is 5.01 Å². The highest BCUT2D eigenvalue weighted by molar-refractivity contribution is 7.20. The molecule has 7 heteroatoms. The number of carbonyl (C=O) groups excluding carboxylic acids is 1. The van der Waals surface area contributed by atoms with Crippen LogP contribution in [0.3, 0.4) is 0 Å². The lowest BCUT2D eigenvalue weighted by molar-refractivity contribution is 0.0527. The molecule has 3 aromatic rings. The van der Waals surface area contributed by atoms with Crippen LogP contribution in [0.4, 0.5) is 0 Å². The molecule has 1 fully saturated rings. The van der Waals surface area contributed by atoms with Gasteiger partial charge >= 0.3 is 0 Å². The number of hydrogen-bond donors (Lipinski definition) is 0. The topological polar surface area (TPSA) is 68.2 Å². The van der Waals surface area contributed by atoms with Gasteiger partial charge in [-0.1, -0.05) is 12.1 Å². The van der Waals surface area contributed by atoms with E-state index in [1.54, 1.807) is 12.3 Å². The van der Waals surface area contributed by atoms with Gasteiger partial charge in [0.05, 0.1) is 16.8 Å². The van der Waals surface area contributed by atoms with E-state index >= 15 is 0 Å². The van der Waals surface area contributed by atoms with Crippen LogP contribution in [-0.4, -0.2) is 45.0 Å². The molecule has 1 saturated heterocycles. The van der Waals surface area contributed by atoms with Crippen LogP contribution in [-0.2, 0) is 0 Å². The average molecular weight is 340 g/mol. The van der Waals surface area contributed by atoms with E-state index in [1.165, 1.54) is 17.7 Å². The van der Waals surface area contributed by atoms with E-state index in [1.807, 2.05) is 29.2 Å². The molecule has 0 bridgehead atoms. The predicted molar refractivity (Wildman–Crippen MR) is 91.2 cm³/mol. The Labute approximate surface area is 143 Å². The summed E-state index contributed by atoms with van der Waals surface area (Å²) in [7, 11) is 0. The zero-order valence-electron chi connectivity index (χ0n) is 13.0. The Morgan fingerprint density at radius 2 is 2.21 bits per heavy atom. The summed E-state index contributed by atoms with van der Waals surface area (Å²) < 4.78 is 6.90. The minimum Gasteiger partial charge on any atom is -0.472 e. The van der Waals surface area contributed by atoms with Gasteiger partial charge in [-0.25, -0.2) is 15.0 Å². The molecule has 1 aromatic carbocycles. The summed E-state index contributed by atoms with van der Waals surface area (Å²) in [5, 5.41) is 0.541. The Kier molecular flexibility index (Phi) is 4.08. The van der Waals surface area contributed by atoms with Crippen LogP contribution in [0.2, 0.25) is 0 Å². The number of likely N-dealkylation sites (tertiary alicyclic amines) is 1. The van der Waals surface area contributed by atoms with E-state index in [0.717, 1.165) is 29.6 Å². The number of aromatic nitrogens is 3. The second-order valence-electron chi connectivity index (χ2n) is 5.67. The zero-order valence-corrected chi connectivity index (χ0v) is 13.8. The van der Waals surface area contributed by atoms with Crippen molar-refractivity contribution < 1.29 is 9.53 Å². The molecule has 1 atom stereocenters. The third kappa shape index (κ3) is 3.07. The van der Waals surface area contributed by atoms with E-state index in [4.69, 9.17) is 4.74 Å². The van der Waals surface area contributed by atoms with Crippen LogP contribution in [0.1, 0.15) is 22.6 Å². The maximum atomic E-state index is 12.8. The molecule has 0 aliphatic carbocycles. The van der Waals surface area contributed by atoms with Crippen molar-refractivity contribution in [2.75, 3.05) is 13.1 Å². The van der Waals surface area contributed by atoms with Gasteiger partial charge in [0.1, 0.15) is 12.4 Å². The summed E-state index contributed by atoms with van der Waals surface area (Å²) in [6.07, 6.45) is 4.88. The lowest BCUT2D eigenvalue weighted by Crippen LogP contribution is -2.44. The Hall–Kier alpha value is -2.54. The maximum Gasteiger partial charge on any atom is 0.282 e. The summed E-state index contributed by atoms with van der Waals surface area (Å²) in [5.74, 6) is 0.525. The number of ether oxygens (including phenoxy) is 1. The Bertz CT molecular complexity index is 819. The standard InChI is InChI=1S/C17H16N4O2S/c22-17(16-20-13-5-1-2-6-14(13)24-16)21-9-3-4-12(10-21)23-15-7-8-18-11-19-15/h1-2,5-8,11-12H,3-4,9-10H2. The number of amides is 1. The number of carbonyl (C=O) groups is 1. The van der Waals surface area contributed by atoms with E-state index in [9.17, 15) is 4.79 Å². The first-order chi connectivity index (χ1) is 11.8. The monoisotopic (exact) mass is 340 g/mol. The van der Waals surface area contributed by atoms with Crippen molar-refractivity contribution in [1.29, 1.82) is 0 Å². The van der Waals surface area contributed by atoms with Gasteiger partial charge in [-0.3, -0.25) is 4.79 Å². The fourth-order valence-corrected chi connectivity index (χ4v) is 3.77. The molecule has 0 N–H and O–H groups in total. The zero-order chi connectivity index (χ0) is 16.4. The first-order valence-electron chi connectivity index (χ1n) is 7.87. The SMILES string of the molecule is O=C(c1nc2ccccc2s1)N1CCCC(Oc2ccncn2)C1. The second-order valence-corrected chi connectivity index (χ2v) is 6.70. The van der Waals surface area contributed by atoms with Crippen molar-refractivity contribution >= 4 is 27.5 Å². The van der Waals surface area contributed by atoms with Gasteiger partial charge in [-0.2, -0.15) is 0 Å². The number of fused-ring (bicyclic) bond motifs is 1. The van der Waals surface area contributed by atoms with Gasteiger partial charge in [0.2, 0.25) is 5.88 Å². The molecule has 6 nitrogen and oxygen atoms in total. The Morgan fingerprint density at radius 1 is 1.29 bits per heavy atom. The summed E-state index contributed by atoms with van der Waals surface area (Å²) in [5.41, 5.74) is 0.872. The predicted octanol–water partition coefficient (Wildman–Crippen LogP) is 2.77. The first-order valence-corrected chi connectivity index (χ1v) is 8.69. The smallest absolute Gasteiger partial charge is 0.282 e. The molecule has 1 unspecified atom stereocenters. The highest BCUT2D eigenvalue weighted by Gasteiger charge is 2.27. The third-order valence-electron chi connectivity index (χ3n) is 3.98. The molecule has 0 radical (unpaired) electrons. The highest BCUT2D eigenvalue weighted by atomic mass is 32.1. The van der Waals surface area contributed by atoms with Crippen LogP contribution in [0.5, 0.6) is 5.88 Å².